The summed E-state index contributed by atoms with van der Waals surface area (Å²) in [7, 11) is 5.73. The van der Waals surface area contributed by atoms with Gasteiger partial charge in [-0.25, -0.2) is 0 Å². The Kier molecular flexibility index (Phi) is 3.75. The molecule has 0 aliphatic carbocycles. The van der Waals surface area contributed by atoms with Crippen molar-refractivity contribution in [2.45, 2.75) is 4.95 Å². The molecule has 0 N–H and O–H groups in total. The van der Waals surface area contributed by atoms with E-state index in [0.717, 1.165) is 11.3 Å². The summed E-state index contributed by atoms with van der Waals surface area (Å²) in [6, 6.07) is 8.00. The lowest BCUT2D eigenvalue weighted by molar-refractivity contribution is 0.369. The fourth-order valence-electron chi connectivity index (χ4n) is 1.14. The summed E-state index contributed by atoms with van der Waals surface area (Å²) in [5.41, 5.74) is 1.15. The van der Waals surface area contributed by atoms with Crippen molar-refractivity contribution in [2.75, 3.05) is 21.2 Å². The number of alkyl halides is 1. The van der Waals surface area contributed by atoms with Crippen LogP contribution < -0.4 is 4.74 Å². The summed E-state index contributed by atoms with van der Waals surface area (Å²) in [4.78, 5) is 2.28. The van der Waals surface area contributed by atoms with E-state index < -0.39 is 0 Å². The van der Waals surface area contributed by atoms with E-state index in [1.807, 2.05) is 32.3 Å². The van der Waals surface area contributed by atoms with E-state index in [9.17, 15) is 0 Å². The number of methoxy groups -OCH3 is 1. The molecule has 0 amide bonds. The van der Waals surface area contributed by atoms with Crippen LogP contribution in [0.3, 0.4) is 0 Å². The summed E-state index contributed by atoms with van der Waals surface area (Å²) in [6.07, 6.45) is 0. The van der Waals surface area contributed by atoms with Gasteiger partial charge in [0, 0.05) is 5.56 Å². The van der Waals surface area contributed by atoms with Crippen molar-refractivity contribution in [1.82, 2.24) is 4.90 Å². The normalized spacial score (nSPS) is 13.0. The lowest BCUT2D eigenvalue weighted by Gasteiger charge is -2.20. The van der Waals surface area contributed by atoms with Crippen LogP contribution in [0.25, 0.3) is 0 Å². The van der Waals surface area contributed by atoms with Crippen LogP contribution in [0.15, 0.2) is 24.3 Å². The first-order valence-electron chi connectivity index (χ1n) is 4.10. The third-order valence-electron chi connectivity index (χ3n) is 1.85. The summed E-state index contributed by atoms with van der Waals surface area (Å²) in [5, 5.41) is 0. The zero-order valence-corrected chi connectivity index (χ0v) is 9.71. The number of halogens is 1. The molecule has 0 aromatic heterocycles. The van der Waals surface area contributed by atoms with Crippen LogP contribution in [0, 0.1) is 0 Å². The van der Waals surface area contributed by atoms with Gasteiger partial charge in [-0.15, -0.1) is 0 Å². The average molecular weight is 244 g/mol. The Labute approximate surface area is 87.6 Å². The topological polar surface area (TPSA) is 12.5 Å². The Morgan fingerprint density at radius 2 is 1.92 bits per heavy atom. The molecule has 13 heavy (non-hydrogen) atoms. The molecule has 72 valence electrons. The standard InChI is InChI=1S/C10H14BrNO/c1-12(2)10(11)8-6-4-5-7-9(8)13-3/h4-7,10H,1-3H3. The molecule has 0 saturated heterocycles. The molecule has 2 nitrogen and oxygen atoms in total. The molecule has 1 atom stereocenters. The molecule has 0 saturated carbocycles. The monoisotopic (exact) mass is 243 g/mol. The van der Waals surface area contributed by atoms with E-state index in [1.165, 1.54) is 0 Å². The molecular formula is C10H14BrNO. The van der Waals surface area contributed by atoms with Gasteiger partial charge in [0.25, 0.3) is 0 Å². The minimum Gasteiger partial charge on any atom is -0.496 e. The van der Waals surface area contributed by atoms with Crippen molar-refractivity contribution in [2.24, 2.45) is 0 Å². The molecule has 0 aliphatic rings. The molecule has 0 radical (unpaired) electrons. The number of benzene rings is 1. The van der Waals surface area contributed by atoms with E-state index in [-0.39, 0.29) is 4.95 Å². The first kappa shape index (κ1) is 10.5. The van der Waals surface area contributed by atoms with Crippen molar-refractivity contribution in [1.29, 1.82) is 0 Å². The van der Waals surface area contributed by atoms with Gasteiger partial charge in [0.05, 0.1) is 12.1 Å². The summed E-state index contributed by atoms with van der Waals surface area (Å²) >= 11 is 3.59. The molecule has 1 aromatic rings. The fourth-order valence-corrected chi connectivity index (χ4v) is 1.52. The summed E-state index contributed by atoms with van der Waals surface area (Å²) in [6.45, 7) is 0. The third-order valence-corrected chi connectivity index (χ3v) is 3.16. The second kappa shape index (κ2) is 4.63. The van der Waals surface area contributed by atoms with Gasteiger partial charge in [0.2, 0.25) is 0 Å². The van der Waals surface area contributed by atoms with Gasteiger partial charge >= 0.3 is 0 Å². The number of hydrogen-bond acceptors (Lipinski definition) is 2. The third kappa shape index (κ3) is 2.45. The second-order valence-corrected chi connectivity index (χ2v) is 3.91. The van der Waals surface area contributed by atoms with Crippen LogP contribution in [0.1, 0.15) is 10.5 Å². The smallest absolute Gasteiger partial charge is 0.124 e. The Balaban J connectivity index is 2.98. The zero-order chi connectivity index (χ0) is 9.84. The Bertz CT molecular complexity index is 275. The van der Waals surface area contributed by atoms with Crippen LogP contribution >= 0.6 is 15.9 Å². The predicted octanol–water partition coefficient (Wildman–Crippen LogP) is 2.65. The average Bonchev–Trinajstić information content (AvgIpc) is 2.16. The van der Waals surface area contributed by atoms with E-state index in [4.69, 9.17) is 4.74 Å². The van der Waals surface area contributed by atoms with Gasteiger partial charge in [0.15, 0.2) is 0 Å². The molecule has 3 heteroatoms. The highest BCUT2D eigenvalue weighted by Crippen LogP contribution is 2.31. The molecule has 0 aliphatic heterocycles. The van der Waals surface area contributed by atoms with Crippen LogP contribution in [-0.4, -0.2) is 26.1 Å². The first-order chi connectivity index (χ1) is 6.16. The molecular weight excluding hydrogens is 230 g/mol. The van der Waals surface area contributed by atoms with Gasteiger partial charge in [-0.1, -0.05) is 34.1 Å². The number of nitrogens with zero attached hydrogens (tertiary/aromatic N) is 1. The first-order valence-corrected chi connectivity index (χ1v) is 5.01. The van der Waals surface area contributed by atoms with Crippen LogP contribution in [0.4, 0.5) is 0 Å². The maximum Gasteiger partial charge on any atom is 0.124 e. The Hall–Kier alpha value is -0.540. The molecule has 0 bridgehead atoms. The van der Waals surface area contributed by atoms with Gasteiger partial charge < -0.3 is 4.74 Å². The van der Waals surface area contributed by atoms with Gasteiger partial charge in [-0.3, -0.25) is 4.90 Å². The van der Waals surface area contributed by atoms with Gasteiger partial charge in [-0.2, -0.15) is 0 Å². The minimum absolute atomic E-state index is 0.198. The fraction of sp³-hybridized carbons (Fsp3) is 0.400. The molecule has 1 aromatic carbocycles. The van der Waals surface area contributed by atoms with Crippen LogP contribution in [-0.2, 0) is 0 Å². The van der Waals surface area contributed by atoms with E-state index in [1.54, 1.807) is 7.11 Å². The van der Waals surface area contributed by atoms with Gasteiger partial charge in [0.1, 0.15) is 5.75 Å². The van der Waals surface area contributed by atoms with Crippen molar-refractivity contribution in [3.8, 4) is 5.75 Å². The number of para-hydroxylation sites is 1. The quantitative estimate of drug-likeness (QED) is 0.598. The molecule has 0 heterocycles. The summed E-state index contributed by atoms with van der Waals surface area (Å²) < 4.78 is 5.26. The zero-order valence-electron chi connectivity index (χ0n) is 8.12. The van der Waals surface area contributed by atoms with Crippen molar-refractivity contribution in [3.05, 3.63) is 29.8 Å². The molecule has 1 unspecified atom stereocenters. The highest BCUT2D eigenvalue weighted by molar-refractivity contribution is 9.09. The Morgan fingerprint density at radius 3 is 2.46 bits per heavy atom. The predicted molar refractivity (Wildman–Crippen MR) is 58.3 cm³/mol. The van der Waals surface area contributed by atoms with E-state index in [2.05, 4.69) is 26.9 Å². The van der Waals surface area contributed by atoms with Crippen molar-refractivity contribution in [3.63, 3.8) is 0 Å². The molecule has 0 fully saturated rings. The largest absolute Gasteiger partial charge is 0.496 e. The van der Waals surface area contributed by atoms with Crippen molar-refractivity contribution < 1.29 is 4.74 Å². The lowest BCUT2D eigenvalue weighted by atomic mass is 10.2. The summed E-state index contributed by atoms with van der Waals surface area (Å²) in [5.74, 6) is 0.915. The molecule has 1 rings (SSSR count). The highest BCUT2D eigenvalue weighted by atomic mass is 79.9. The maximum absolute atomic E-state index is 5.26. The van der Waals surface area contributed by atoms with Crippen LogP contribution in [0.2, 0.25) is 0 Å². The van der Waals surface area contributed by atoms with Crippen molar-refractivity contribution >= 4 is 15.9 Å². The van der Waals surface area contributed by atoms with Crippen LogP contribution in [0.5, 0.6) is 5.75 Å². The maximum atomic E-state index is 5.26. The highest BCUT2D eigenvalue weighted by Gasteiger charge is 2.13. The minimum atomic E-state index is 0.198. The van der Waals surface area contributed by atoms with E-state index in [0.29, 0.717) is 0 Å². The lowest BCUT2D eigenvalue weighted by Crippen LogP contribution is -2.14. The number of hydrogen-bond donors (Lipinski definition) is 0. The SMILES string of the molecule is COc1ccccc1C(Br)N(C)C. The number of rotatable bonds is 3. The number of ether oxygens (including phenoxy) is 1. The molecule has 0 spiro atoms. The second-order valence-electron chi connectivity index (χ2n) is 3.04. The van der Waals surface area contributed by atoms with Gasteiger partial charge in [-0.05, 0) is 20.2 Å². The van der Waals surface area contributed by atoms with E-state index >= 15 is 0 Å². The Morgan fingerprint density at radius 1 is 1.31 bits per heavy atom.